The van der Waals surface area contributed by atoms with Crippen LogP contribution >= 0.6 is 23.4 Å². The van der Waals surface area contributed by atoms with Crippen molar-refractivity contribution in [1.82, 2.24) is 4.98 Å². The van der Waals surface area contributed by atoms with Gasteiger partial charge in [0.15, 0.2) is 0 Å². The number of hydrogen-bond donors (Lipinski definition) is 1. The lowest BCUT2D eigenvalue weighted by Crippen LogP contribution is -1.92. The van der Waals surface area contributed by atoms with E-state index < -0.39 is 0 Å². The molecule has 16 heavy (non-hydrogen) atoms. The van der Waals surface area contributed by atoms with Crippen LogP contribution in [-0.4, -0.2) is 11.2 Å². The molecule has 82 valence electrons. The highest BCUT2D eigenvalue weighted by atomic mass is 35.5. The molecule has 0 spiro atoms. The van der Waals surface area contributed by atoms with Gasteiger partial charge in [-0.15, -0.1) is 11.8 Å². The van der Waals surface area contributed by atoms with Gasteiger partial charge >= 0.3 is 0 Å². The minimum atomic E-state index is 0.491. The van der Waals surface area contributed by atoms with Crippen molar-refractivity contribution in [3.8, 4) is 0 Å². The van der Waals surface area contributed by atoms with Crippen LogP contribution < -0.4 is 5.32 Å². The maximum atomic E-state index is 5.80. The first kappa shape index (κ1) is 11.3. The van der Waals surface area contributed by atoms with Crippen molar-refractivity contribution >= 4 is 34.9 Å². The Morgan fingerprint density at radius 1 is 1.12 bits per heavy atom. The van der Waals surface area contributed by atoms with Crippen LogP contribution in [0.3, 0.4) is 0 Å². The Labute approximate surface area is 104 Å². The number of rotatable bonds is 3. The fraction of sp³-hybridized carbons (Fsp3) is 0.0833. The van der Waals surface area contributed by atoms with Gasteiger partial charge < -0.3 is 5.32 Å². The molecule has 0 bridgehead atoms. The molecule has 2 aromatic rings. The highest BCUT2D eigenvalue weighted by molar-refractivity contribution is 7.98. The van der Waals surface area contributed by atoms with Crippen LogP contribution in [0.2, 0.25) is 5.15 Å². The summed E-state index contributed by atoms with van der Waals surface area (Å²) in [4.78, 5) is 5.40. The summed E-state index contributed by atoms with van der Waals surface area (Å²) in [5, 5.41) is 3.68. The summed E-state index contributed by atoms with van der Waals surface area (Å²) >= 11 is 7.53. The number of benzene rings is 1. The Balaban J connectivity index is 2.14. The summed E-state index contributed by atoms with van der Waals surface area (Å²) in [7, 11) is 0. The van der Waals surface area contributed by atoms with Gasteiger partial charge in [0.25, 0.3) is 0 Å². The second-order valence-corrected chi connectivity index (χ2v) is 4.47. The summed E-state index contributed by atoms with van der Waals surface area (Å²) in [6.45, 7) is 0. The third kappa shape index (κ3) is 2.90. The minimum absolute atomic E-state index is 0.491. The van der Waals surface area contributed by atoms with Crippen molar-refractivity contribution in [1.29, 1.82) is 0 Å². The number of anilines is 2. The molecule has 2 rings (SSSR count). The van der Waals surface area contributed by atoms with Gasteiger partial charge in [0, 0.05) is 10.6 Å². The fourth-order valence-corrected chi connectivity index (χ4v) is 1.87. The fourth-order valence-electron chi connectivity index (χ4n) is 1.30. The van der Waals surface area contributed by atoms with Crippen LogP contribution in [0, 0.1) is 0 Å². The number of halogens is 1. The Kier molecular flexibility index (Phi) is 3.70. The van der Waals surface area contributed by atoms with Gasteiger partial charge in [-0.1, -0.05) is 17.7 Å². The average molecular weight is 251 g/mol. The first-order chi connectivity index (χ1) is 7.78. The Bertz CT molecular complexity index is 471. The number of nitrogens with one attached hydrogen (secondary N) is 1. The van der Waals surface area contributed by atoms with Crippen LogP contribution in [-0.2, 0) is 0 Å². The predicted molar refractivity (Wildman–Crippen MR) is 70.8 cm³/mol. The van der Waals surface area contributed by atoms with Crippen LogP contribution in [0.15, 0.2) is 47.4 Å². The summed E-state index contributed by atoms with van der Waals surface area (Å²) in [6.07, 6.45) is 2.06. The zero-order valence-corrected chi connectivity index (χ0v) is 10.3. The quantitative estimate of drug-likeness (QED) is 0.653. The topological polar surface area (TPSA) is 24.9 Å². The second-order valence-electron chi connectivity index (χ2n) is 3.20. The number of aromatic nitrogens is 1. The molecule has 0 unspecified atom stereocenters. The van der Waals surface area contributed by atoms with Crippen LogP contribution in [0.5, 0.6) is 0 Å². The third-order valence-electron chi connectivity index (χ3n) is 2.08. The van der Waals surface area contributed by atoms with Crippen LogP contribution in [0.25, 0.3) is 0 Å². The summed E-state index contributed by atoms with van der Waals surface area (Å²) in [6, 6.07) is 13.7. The monoisotopic (exact) mass is 250 g/mol. The Morgan fingerprint density at radius 3 is 2.50 bits per heavy atom. The molecule has 0 aliphatic rings. The van der Waals surface area contributed by atoms with Crippen molar-refractivity contribution in [3.05, 3.63) is 47.6 Å². The van der Waals surface area contributed by atoms with Crippen LogP contribution in [0.1, 0.15) is 0 Å². The van der Waals surface area contributed by atoms with E-state index in [0.29, 0.717) is 5.15 Å². The van der Waals surface area contributed by atoms with Gasteiger partial charge in [-0.25, -0.2) is 4.98 Å². The van der Waals surface area contributed by atoms with Crippen molar-refractivity contribution < 1.29 is 0 Å². The van der Waals surface area contributed by atoms with Gasteiger partial charge in [0.05, 0.1) is 0 Å². The van der Waals surface area contributed by atoms with Crippen molar-refractivity contribution in [2.24, 2.45) is 0 Å². The van der Waals surface area contributed by atoms with Gasteiger partial charge in [0.2, 0.25) is 0 Å². The van der Waals surface area contributed by atoms with Gasteiger partial charge in [-0.2, -0.15) is 0 Å². The molecule has 1 aromatic carbocycles. The highest BCUT2D eigenvalue weighted by Gasteiger charge is 1.97. The van der Waals surface area contributed by atoms with E-state index in [1.54, 1.807) is 17.8 Å². The Morgan fingerprint density at radius 2 is 1.88 bits per heavy atom. The number of thioether (sulfide) groups is 1. The molecule has 0 amide bonds. The lowest BCUT2D eigenvalue weighted by atomic mass is 10.3. The molecule has 0 aliphatic heterocycles. The molecule has 2 nitrogen and oxygen atoms in total. The maximum Gasteiger partial charge on any atom is 0.132 e. The molecule has 0 atom stereocenters. The third-order valence-corrected chi connectivity index (χ3v) is 3.03. The SMILES string of the molecule is CSc1ccc(Nc2cccc(Cl)n2)cc1. The zero-order chi connectivity index (χ0) is 11.4. The summed E-state index contributed by atoms with van der Waals surface area (Å²) < 4.78 is 0. The molecule has 0 saturated carbocycles. The van der Waals surface area contributed by atoms with E-state index in [-0.39, 0.29) is 0 Å². The lowest BCUT2D eigenvalue weighted by molar-refractivity contribution is 1.30. The summed E-state index contributed by atoms with van der Waals surface area (Å²) in [5.74, 6) is 0.754. The number of pyridine rings is 1. The van der Waals surface area contributed by atoms with E-state index in [4.69, 9.17) is 11.6 Å². The van der Waals surface area contributed by atoms with E-state index in [2.05, 4.69) is 28.7 Å². The molecular formula is C12H11ClN2S. The maximum absolute atomic E-state index is 5.80. The van der Waals surface area contributed by atoms with Gasteiger partial charge in [-0.3, -0.25) is 0 Å². The molecule has 1 N–H and O–H groups in total. The second kappa shape index (κ2) is 5.23. The van der Waals surface area contributed by atoms with E-state index in [1.807, 2.05) is 24.3 Å². The average Bonchev–Trinajstić information content (AvgIpc) is 2.30. The lowest BCUT2D eigenvalue weighted by Gasteiger charge is -2.06. The molecule has 0 radical (unpaired) electrons. The van der Waals surface area contributed by atoms with Crippen molar-refractivity contribution in [3.63, 3.8) is 0 Å². The molecular weight excluding hydrogens is 240 g/mol. The normalized spacial score (nSPS) is 10.1. The first-order valence-electron chi connectivity index (χ1n) is 4.81. The molecule has 1 aromatic heterocycles. The molecule has 4 heteroatoms. The minimum Gasteiger partial charge on any atom is -0.340 e. The van der Waals surface area contributed by atoms with E-state index in [9.17, 15) is 0 Å². The zero-order valence-electron chi connectivity index (χ0n) is 8.77. The number of hydrogen-bond acceptors (Lipinski definition) is 3. The summed E-state index contributed by atoms with van der Waals surface area (Å²) in [5.41, 5.74) is 1.01. The van der Waals surface area contributed by atoms with E-state index in [1.165, 1.54) is 4.90 Å². The number of nitrogens with zero attached hydrogens (tertiary/aromatic N) is 1. The van der Waals surface area contributed by atoms with E-state index >= 15 is 0 Å². The smallest absolute Gasteiger partial charge is 0.132 e. The standard InChI is InChI=1S/C12H11ClN2S/c1-16-10-7-5-9(6-8-10)14-12-4-2-3-11(13)15-12/h2-8H,1H3,(H,14,15). The van der Waals surface area contributed by atoms with Gasteiger partial charge in [-0.05, 0) is 42.7 Å². The van der Waals surface area contributed by atoms with Crippen molar-refractivity contribution in [2.75, 3.05) is 11.6 Å². The largest absolute Gasteiger partial charge is 0.340 e. The molecule has 0 fully saturated rings. The van der Waals surface area contributed by atoms with Crippen LogP contribution in [0.4, 0.5) is 11.5 Å². The Hall–Kier alpha value is -1.19. The van der Waals surface area contributed by atoms with Crippen molar-refractivity contribution in [2.45, 2.75) is 4.90 Å². The molecule has 0 saturated heterocycles. The van der Waals surface area contributed by atoms with E-state index in [0.717, 1.165) is 11.5 Å². The first-order valence-corrected chi connectivity index (χ1v) is 6.42. The highest BCUT2D eigenvalue weighted by Crippen LogP contribution is 2.20. The molecule has 1 heterocycles. The predicted octanol–water partition coefficient (Wildman–Crippen LogP) is 4.20. The molecule has 0 aliphatic carbocycles. The van der Waals surface area contributed by atoms with Gasteiger partial charge in [0.1, 0.15) is 11.0 Å².